The molecule has 0 aliphatic heterocycles. The van der Waals surface area contributed by atoms with Crippen LogP contribution < -0.4 is 5.32 Å². The second-order valence-corrected chi connectivity index (χ2v) is 5.09. The number of benzene rings is 1. The summed E-state index contributed by atoms with van der Waals surface area (Å²) in [5, 5.41) is 12.1. The van der Waals surface area contributed by atoms with Gasteiger partial charge in [-0.1, -0.05) is 12.1 Å². The van der Waals surface area contributed by atoms with Crippen molar-refractivity contribution in [3.63, 3.8) is 0 Å². The van der Waals surface area contributed by atoms with Gasteiger partial charge in [0, 0.05) is 18.9 Å². The number of nitrogens with one attached hydrogen (secondary N) is 2. The number of aryl methyl sites for hydroxylation is 1. The highest BCUT2D eigenvalue weighted by Crippen LogP contribution is 2.19. The number of aliphatic hydroxyl groups excluding tert-OH is 1. The Balaban J connectivity index is 1.52. The Morgan fingerprint density at radius 1 is 1.42 bits per heavy atom. The second-order valence-electron chi connectivity index (χ2n) is 5.09. The van der Waals surface area contributed by atoms with Gasteiger partial charge in [-0.15, -0.1) is 0 Å². The van der Waals surface area contributed by atoms with Gasteiger partial charge in [0.2, 0.25) is 5.91 Å². The molecule has 2 aromatic rings. The van der Waals surface area contributed by atoms with Crippen LogP contribution in [0.25, 0.3) is 11.0 Å². The second kappa shape index (κ2) is 5.01. The molecule has 1 aromatic heterocycles. The molecule has 1 aromatic carbocycles. The fraction of sp³-hybridized carbons (Fsp3) is 0.429. The Morgan fingerprint density at radius 3 is 2.95 bits per heavy atom. The number of imidazole rings is 1. The molecule has 3 N–H and O–H groups in total. The summed E-state index contributed by atoms with van der Waals surface area (Å²) in [5.74, 6) is 0.863. The Kier molecular flexibility index (Phi) is 3.21. The lowest BCUT2D eigenvalue weighted by atomic mass is 9.89. The Morgan fingerprint density at radius 2 is 2.21 bits per heavy atom. The van der Waals surface area contributed by atoms with E-state index >= 15 is 0 Å². The van der Waals surface area contributed by atoms with Crippen LogP contribution in [0.5, 0.6) is 0 Å². The van der Waals surface area contributed by atoms with E-state index in [1.54, 1.807) is 0 Å². The first-order chi connectivity index (χ1) is 9.20. The lowest BCUT2D eigenvalue weighted by molar-refractivity contribution is -0.123. The van der Waals surface area contributed by atoms with Crippen molar-refractivity contribution in [1.82, 2.24) is 15.3 Å². The molecule has 0 saturated heterocycles. The minimum absolute atomic E-state index is 0.0253. The van der Waals surface area contributed by atoms with E-state index in [0.29, 0.717) is 25.7 Å². The summed E-state index contributed by atoms with van der Waals surface area (Å²) in [5.41, 5.74) is 1.93. The molecule has 5 heteroatoms. The van der Waals surface area contributed by atoms with Gasteiger partial charge in [0.15, 0.2) is 0 Å². The molecule has 0 radical (unpaired) electrons. The number of hydrogen-bond acceptors (Lipinski definition) is 3. The van der Waals surface area contributed by atoms with Crippen LogP contribution in [-0.4, -0.2) is 33.1 Å². The van der Waals surface area contributed by atoms with Crippen LogP contribution in [0, 0.1) is 0 Å². The summed E-state index contributed by atoms with van der Waals surface area (Å²) < 4.78 is 0. The van der Waals surface area contributed by atoms with Crippen LogP contribution >= 0.6 is 0 Å². The fourth-order valence-electron chi connectivity index (χ4n) is 2.36. The number of aliphatic hydroxyl groups is 1. The predicted octanol–water partition coefficient (Wildman–Crippen LogP) is 1.14. The number of nitrogens with zero attached hydrogens (tertiary/aromatic N) is 1. The lowest BCUT2D eigenvalue weighted by Gasteiger charge is -2.31. The van der Waals surface area contributed by atoms with Gasteiger partial charge in [-0.25, -0.2) is 4.98 Å². The molecule has 3 rings (SSSR count). The molecule has 19 heavy (non-hydrogen) atoms. The molecule has 0 atom stereocenters. The average molecular weight is 259 g/mol. The maximum Gasteiger partial charge on any atom is 0.220 e. The zero-order valence-electron chi connectivity index (χ0n) is 10.6. The smallest absolute Gasteiger partial charge is 0.220 e. The van der Waals surface area contributed by atoms with Crippen molar-refractivity contribution in [3.05, 3.63) is 30.1 Å². The van der Waals surface area contributed by atoms with E-state index in [9.17, 15) is 4.79 Å². The van der Waals surface area contributed by atoms with Crippen molar-refractivity contribution < 1.29 is 9.90 Å². The molecule has 1 amide bonds. The van der Waals surface area contributed by atoms with E-state index in [-0.39, 0.29) is 18.1 Å². The van der Waals surface area contributed by atoms with Crippen LogP contribution in [0.15, 0.2) is 24.3 Å². The van der Waals surface area contributed by atoms with Gasteiger partial charge in [0.1, 0.15) is 5.82 Å². The lowest BCUT2D eigenvalue weighted by Crippen LogP contribution is -2.46. The maximum absolute atomic E-state index is 11.7. The van der Waals surface area contributed by atoms with Crippen LogP contribution in [0.3, 0.4) is 0 Å². The molecule has 1 aliphatic rings. The molecule has 1 saturated carbocycles. The quantitative estimate of drug-likeness (QED) is 0.770. The molecule has 1 aliphatic carbocycles. The molecule has 1 fully saturated rings. The predicted molar refractivity (Wildman–Crippen MR) is 71.6 cm³/mol. The number of H-pyrrole nitrogens is 1. The Labute approximate surface area is 111 Å². The Bertz CT molecular complexity index is 554. The summed E-state index contributed by atoms with van der Waals surface area (Å²) in [6.07, 6.45) is 2.15. The highest BCUT2D eigenvalue weighted by atomic mass is 16.3. The van der Waals surface area contributed by atoms with Crippen molar-refractivity contribution in [2.75, 3.05) is 0 Å². The highest BCUT2D eigenvalue weighted by molar-refractivity contribution is 5.77. The summed E-state index contributed by atoms with van der Waals surface area (Å²) in [4.78, 5) is 19.3. The number of hydrogen-bond donors (Lipinski definition) is 3. The third-order valence-electron chi connectivity index (χ3n) is 3.51. The van der Waals surface area contributed by atoms with Gasteiger partial charge >= 0.3 is 0 Å². The standard InChI is InChI=1S/C14H17N3O2/c18-10-7-9(8-10)15-14(19)6-5-13-16-11-3-1-2-4-12(11)17-13/h1-4,9-10,18H,5-8H2,(H,15,19)(H,16,17). The van der Waals surface area contributed by atoms with E-state index in [2.05, 4.69) is 15.3 Å². The molecular formula is C14H17N3O2. The normalized spacial score (nSPS) is 22.2. The number of carbonyl (C=O) groups is 1. The number of rotatable bonds is 4. The van der Waals surface area contributed by atoms with Crippen LogP contribution in [0.4, 0.5) is 0 Å². The number of aromatic nitrogens is 2. The van der Waals surface area contributed by atoms with E-state index in [0.717, 1.165) is 16.9 Å². The summed E-state index contributed by atoms with van der Waals surface area (Å²) in [7, 11) is 0. The van der Waals surface area contributed by atoms with Gasteiger partial charge in [-0.05, 0) is 25.0 Å². The summed E-state index contributed by atoms with van der Waals surface area (Å²) in [6.45, 7) is 0. The van der Waals surface area contributed by atoms with Crippen molar-refractivity contribution in [2.24, 2.45) is 0 Å². The number of para-hydroxylation sites is 2. The number of aromatic amines is 1. The number of carbonyl (C=O) groups excluding carboxylic acids is 1. The molecule has 100 valence electrons. The zero-order chi connectivity index (χ0) is 13.2. The topological polar surface area (TPSA) is 78.0 Å². The molecule has 0 spiro atoms. The SMILES string of the molecule is O=C(CCc1nc2ccccc2[nH]1)NC1CC(O)C1. The first-order valence-corrected chi connectivity index (χ1v) is 6.62. The van der Waals surface area contributed by atoms with Crippen LogP contribution in [0.1, 0.15) is 25.1 Å². The van der Waals surface area contributed by atoms with E-state index in [1.807, 2.05) is 24.3 Å². The van der Waals surface area contributed by atoms with Gasteiger partial charge < -0.3 is 15.4 Å². The van der Waals surface area contributed by atoms with E-state index in [4.69, 9.17) is 5.11 Å². The van der Waals surface area contributed by atoms with Crippen molar-refractivity contribution in [1.29, 1.82) is 0 Å². The molecular weight excluding hydrogens is 242 g/mol. The van der Waals surface area contributed by atoms with Gasteiger partial charge in [0.05, 0.1) is 17.1 Å². The van der Waals surface area contributed by atoms with Gasteiger partial charge in [-0.2, -0.15) is 0 Å². The third-order valence-corrected chi connectivity index (χ3v) is 3.51. The van der Waals surface area contributed by atoms with Crippen molar-refractivity contribution >= 4 is 16.9 Å². The zero-order valence-corrected chi connectivity index (χ0v) is 10.6. The number of fused-ring (bicyclic) bond motifs is 1. The molecule has 0 bridgehead atoms. The molecule has 0 unspecified atom stereocenters. The van der Waals surface area contributed by atoms with Crippen molar-refractivity contribution in [2.45, 2.75) is 37.8 Å². The van der Waals surface area contributed by atoms with Crippen LogP contribution in [0.2, 0.25) is 0 Å². The summed E-state index contributed by atoms with van der Waals surface area (Å²) in [6, 6.07) is 7.98. The van der Waals surface area contributed by atoms with E-state index in [1.165, 1.54) is 0 Å². The van der Waals surface area contributed by atoms with E-state index < -0.39 is 0 Å². The van der Waals surface area contributed by atoms with Crippen LogP contribution in [-0.2, 0) is 11.2 Å². The maximum atomic E-state index is 11.7. The summed E-state index contributed by atoms with van der Waals surface area (Å²) >= 11 is 0. The minimum atomic E-state index is -0.235. The number of amides is 1. The first-order valence-electron chi connectivity index (χ1n) is 6.62. The minimum Gasteiger partial charge on any atom is -0.393 e. The molecule has 1 heterocycles. The third kappa shape index (κ3) is 2.76. The van der Waals surface area contributed by atoms with Gasteiger partial charge in [0.25, 0.3) is 0 Å². The largest absolute Gasteiger partial charge is 0.393 e. The Hall–Kier alpha value is -1.88. The molecule has 5 nitrogen and oxygen atoms in total. The monoisotopic (exact) mass is 259 g/mol. The van der Waals surface area contributed by atoms with Gasteiger partial charge in [-0.3, -0.25) is 4.79 Å². The average Bonchev–Trinajstić information content (AvgIpc) is 2.77. The first kappa shape index (κ1) is 12.2. The van der Waals surface area contributed by atoms with Crippen molar-refractivity contribution in [3.8, 4) is 0 Å². The fourth-order valence-corrected chi connectivity index (χ4v) is 2.36. The highest BCUT2D eigenvalue weighted by Gasteiger charge is 2.28.